The minimum Gasteiger partial charge on any atom is -0.461 e. The topological polar surface area (TPSA) is 120 Å². The smallest absolute Gasteiger partial charge is 0.360 e. The van der Waals surface area contributed by atoms with Crippen molar-refractivity contribution >= 4 is 19.3 Å². The van der Waals surface area contributed by atoms with Gasteiger partial charge in [0.15, 0.2) is 0 Å². The number of nitro groups is 1. The fraction of sp³-hybridized carbons (Fsp3) is 0.500. The highest BCUT2D eigenvalue weighted by Crippen LogP contribution is 2.64. The number of ether oxygens (including phenoxy) is 1. The van der Waals surface area contributed by atoms with Gasteiger partial charge in [-0.1, -0.05) is 12.1 Å². The minimum absolute atomic E-state index is 0.112. The third-order valence-corrected chi connectivity index (χ3v) is 7.40. The average Bonchev–Trinajstić information content (AvgIpc) is 2.73. The Balaban J connectivity index is 2.69. The number of carbonyl (C=O) groups excluding carboxylic acids is 1. The van der Waals surface area contributed by atoms with Crippen LogP contribution in [0.2, 0.25) is 0 Å². The van der Waals surface area contributed by atoms with E-state index in [2.05, 4.69) is 5.32 Å². The van der Waals surface area contributed by atoms with Crippen LogP contribution in [0.5, 0.6) is 0 Å². The van der Waals surface area contributed by atoms with Crippen LogP contribution in [0.1, 0.15) is 39.2 Å². The van der Waals surface area contributed by atoms with Crippen LogP contribution in [0.4, 0.5) is 5.69 Å². The normalized spacial score (nSPS) is 16.8. The van der Waals surface area contributed by atoms with Gasteiger partial charge >= 0.3 is 13.6 Å². The average molecular weight is 481 g/mol. The molecular formula is C22H32N3O7P. The number of hydrogen-bond acceptors (Lipinski definition) is 9. The standard InChI is InChI=1S/C22H32N3O7P/c1-7-31-33(29,32-8-2)21-16(4)23-15(3)19(22(26)30-13-12-24(5)6)20(21)17-10-9-11-18(14-17)25(27)28/h9-11,14,20,23H,7-8,12-13H2,1-6H3. The van der Waals surface area contributed by atoms with Gasteiger partial charge in [-0.3, -0.25) is 14.7 Å². The number of allylic oxidation sites excluding steroid dienone is 3. The van der Waals surface area contributed by atoms with Crippen LogP contribution >= 0.6 is 7.60 Å². The number of dihydropyridines is 1. The fourth-order valence-electron chi connectivity index (χ4n) is 3.67. The van der Waals surface area contributed by atoms with Gasteiger partial charge in [0.05, 0.1) is 34.9 Å². The molecule has 2 rings (SSSR count). The Hall–Kier alpha value is -2.52. The molecule has 0 fully saturated rings. The van der Waals surface area contributed by atoms with Gasteiger partial charge in [-0.05, 0) is 47.4 Å². The van der Waals surface area contributed by atoms with Gasteiger partial charge in [-0.15, -0.1) is 0 Å². The Morgan fingerprint density at radius 3 is 2.36 bits per heavy atom. The molecule has 1 aliphatic rings. The number of likely N-dealkylation sites (N-methyl/N-ethyl adjacent to an activating group) is 1. The highest BCUT2D eigenvalue weighted by atomic mass is 31.2. The summed E-state index contributed by atoms with van der Waals surface area (Å²) in [5.74, 6) is -1.52. The van der Waals surface area contributed by atoms with E-state index < -0.39 is 24.4 Å². The van der Waals surface area contributed by atoms with E-state index in [1.807, 2.05) is 19.0 Å². The maximum atomic E-state index is 13.9. The number of esters is 1. The minimum atomic E-state index is -3.86. The SMILES string of the molecule is CCOP(=O)(OCC)C1=C(C)NC(C)=C(C(=O)OCCN(C)C)C1c1cccc([N+](=O)[O-])c1. The Kier molecular flexibility index (Phi) is 9.36. The molecule has 1 atom stereocenters. The maximum absolute atomic E-state index is 13.9. The van der Waals surface area contributed by atoms with Crippen molar-refractivity contribution in [1.29, 1.82) is 0 Å². The summed E-state index contributed by atoms with van der Waals surface area (Å²) < 4.78 is 30.6. The predicted octanol–water partition coefficient (Wildman–Crippen LogP) is 4.16. The zero-order valence-electron chi connectivity index (χ0n) is 19.9. The van der Waals surface area contributed by atoms with E-state index in [1.165, 1.54) is 18.2 Å². The molecule has 1 aromatic carbocycles. The second kappa shape index (κ2) is 11.6. The molecule has 0 amide bonds. The Labute approximate surface area is 194 Å². The van der Waals surface area contributed by atoms with Gasteiger partial charge in [-0.25, -0.2) is 4.79 Å². The lowest BCUT2D eigenvalue weighted by molar-refractivity contribution is -0.384. The Morgan fingerprint density at radius 2 is 1.82 bits per heavy atom. The molecule has 0 radical (unpaired) electrons. The summed E-state index contributed by atoms with van der Waals surface area (Å²) in [6, 6.07) is 5.90. The zero-order chi connectivity index (χ0) is 24.8. The summed E-state index contributed by atoms with van der Waals surface area (Å²) in [6.07, 6.45) is 0. The number of carbonyl (C=O) groups is 1. The van der Waals surface area contributed by atoms with E-state index in [0.29, 0.717) is 23.5 Å². The molecule has 1 unspecified atom stereocenters. The van der Waals surface area contributed by atoms with Crippen LogP contribution in [0.15, 0.2) is 46.5 Å². The molecule has 11 heteroatoms. The molecule has 0 aromatic heterocycles. The molecule has 33 heavy (non-hydrogen) atoms. The molecule has 1 N–H and O–H groups in total. The van der Waals surface area contributed by atoms with Crippen molar-refractivity contribution in [2.45, 2.75) is 33.6 Å². The summed E-state index contributed by atoms with van der Waals surface area (Å²) in [7, 11) is -0.143. The lowest BCUT2D eigenvalue weighted by Gasteiger charge is -2.34. The molecule has 1 heterocycles. The van der Waals surface area contributed by atoms with Crippen molar-refractivity contribution in [2.75, 3.05) is 40.5 Å². The first-order valence-electron chi connectivity index (χ1n) is 10.7. The van der Waals surface area contributed by atoms with Gasteiger partial charge in [0.2, 0.25) is 0 Å². The zero-order valence-corrected chi connectivity index (χ0v) is 20.8. The third kappa shape index (κ3) is 6.29. The first-order valence-corrected chi connectivity index (χ1v) is 12.2. The van der Waals surface area contributed by atoms with Crippen LogP contribution < -0.4 is 5.32 Å². The van der Waals surface area contributed by atoms with Gasteiger partial charge in [-0.2, -0.15) is 0 Å². The maximum Gasteiger partial charge on any atom is 0.360 e. The number of nitrogens with zero attached hydrogens (tertiary/aromatic N) is 2. The number of nitrogens with one attached hydrogen (secondary N) is 1. The molecule has 0 aliphatic carbocycles. The van der Waals surface area contributed by atoms with E-state index in [1.54, 1.807) is 33.8 Å². The van der Waals surface area contributed by atoms with Crippen LogP contribution in [-0.2, 0) is 23.1 Å². The number of non-ortho nitro benzene ring substituents is 1. The summed E-state index contributed by atoms with van der Waals surface area (Å²) in [5, 5.41) is 14.8. The quantitative estimate of drug-likeness (QED) is 0.215. The first kappa shape index (κ1) is 26.7. The molecule has 182 valence electrons. The van der Waals surface area contributed by atoms with E-state index >= 15 is 0 Å². The molecule has 0 saturated heterocycles. The van der Waals surface area contributed by atoms with Crippen LogP contribution in [0.25, 0.3) is 0 Å². The number of benzene rings is 1. The second-order valence-corrected chi connectivity index (χ2v) is 9.72. The molecular weight excluding hydrogens is 449 g/mol. The van der Waals surface area contributed by atoms with E-state index in [-0.39, 0.29) is 36.4 Å². The number of rotatable bonds is 11. The van der Waals surface area contributed by atoms with Crippen molar-refractivity contribution in [3.63, 3.8) is 0 Å². The highest BCUT2D eigenvalue weighted by Gasteiger charge is 2.44. The molecule has 0 bridgehead atoms. The summed E-state index contributed by atoms with van der Waals surface area (Å²) >= 11 is 0. The van der Waals surface area contributed by atoms with Gasteiger partial charge in [0, 0.05) is 30.1 Å². The monoisotopic (exact) mass is 481 g/mol. The van der Waals surface area contributed by atoms with Crippen LogP contribution in [0, 0.1) is 10.1 Å². The third-order valence-electron chi connectivity index (χ3n) is 5.02. The molecule has 0 saturated carbocycles. The Morgan fingerprint density at radius 1 is 1.18 bits per heavy atom. The van der Waals surface area contributed by atoms with E-state index in [9.17, 15) is 19.5 Å². The van der Waals surface area contributed by atoms with E-state index in [4.69, 9.17) is 13.8 Å². The van der Waals surface area contributed by atoms with Crippen LogP contribution in [-0.4, -0.2) is 56.3 Å². The molecule has 10 nitrogen and oxygen atoms in total. The van der Waals surface area contributed by atoms with E-state index in [0.717, 1.165) is 0 Å². The van der Waals surface area contributed by atoms with Gasteiger partial charge < -0.3 is 24.0 Å². The summed E-state index contributed by atoms with van der Waals surface area (Å²) in [6.45, 7) is 7.70. The van der Waals surface area contributed by atoms with Crippen molar-refractivity contribution in [3.05, 3.63) is 62.2 Å². The largest absolute Gasteiger partial charge is 0.461 e. The lowest BCUT2D eigenvalue weighted by Crippen LogP contribution is -2.30. The van der Waals surface area contributed by atoms with Gasteiger partial charge in [0.1, 0.15) is 6.61 Å². The first-order chi connectivity index (χ1) is 15.6. The number of hydrogen-bond donors (Lipinski definition) is 1. The van der Waals surface area contributed by atoms with Crippen molar-refractivity contribution < 1.29 is 28.1 Å². The number of nitro benzene ring substituents is 1. The predicted molar refractivity (Wildman–Crippen MR) is 125 cm³/mol. The Bertz CT molecular complexity index is 993. The molecule has 0 spiro atoms. The van der Waals surface area contributed by atoms with Crippen LogP contribution in [0.3, 0.4) is 0 Å². The highest BCUT2D eigenvalue weighted by molar-refractivity contribution is 7.58. The van der Waals surface area contributed by atoms with Crippen molar-refractivity contribution in [3.8, 4) is 0 Å². The van der Waals surface area contributed by atoms with Gasteiger partial charge in [0.25, 0.3) is 5.69 Å². The van der Waals surface area contributed by atoms with Crippen molar-refractivity contribution in [2.24, 2.45) is 0 Å². The van der Waals surface area contributed by atoms with Crippen molar-refractivity contribution in [1.82, 2.24) is 10.2 Å². The second-order valence-electron chi connectivity index (χ2n) is 7.73. The molecule has 1 aromatic rings. The molecule has 1 aliphatic heterocycles. The summed E-state index contributed by atoms with van der Waals surface area (Å²) in [4.78, 5) is 26.0. The summed E-state index contributed by atoms with van der Waals surface area (Å²) in [5.41, 5.74) is 1.47. The lowest BCUT2D eigenvalue weighted by atomic mass is 9.86. The fourth-order valence-corrected chi connectivity index (χ4v) is 5.77.